The molecule has 2 aromatic heterocycles. The van der Waals surface area contributed by atoms with Crippen molar-refractivity contribution >= 4 is 33.8 Å². The number of fused-ring (bicyclic) bond motifs is 5. The van der Waals surface area contributed by atoms with Crippen molar-refractivity contribution in [3.63, 3.8) is 0 Å². The van der Waals surface area contributed by atoms with Crippen molar-refractivity contribution in [1.82, 2.24) is 19.8 Å². The van der Waals surface area contributed by atoms with E-state index < -0.39 is 18.0 Å². The number of amides is 1. The van der Waals surface area contributed by atoms with Crippen molar-refractivity contribution in [2.75, 3.05) is 31.1 Å². The third kappa shape index (κ3) is 7.73. The van der Waals surface area contributed by atoms with Gasteiger partial charge < -0.3 is 34.9 Å². The van der Waals surface area contributed by atoms with Crippen LogP contribution in [-0.2, 0) is 19.5 Å². The summed E-state index contributed by atoms with van der Waals surface area (Å²) in [6.45, 7) is 4.02. The number of anilines is 1. The Morgan fingerprint density at radius 3 is 2.50 bits per heavy atom. The Labute approximate surface area is 323 Å². The minimum absolute atomic E-state index is 0.0626. The number of aliphatic hydroxyl groups excluding tert-OH is 1. The van der Waals surface area contributed by atoms with E-state index in [1.807, 2.05) is 48.5 Å². The van der Waals surface area contributed by atoms with Crippen molar-refractivity contribution in [1.29, 1.82) is 0 Å². The molecule has 6 aromatic rings. The Bertz CT molecular complexity index is 2470. The van der Waals surface area contributed by atoms with Crippen LogP contribution >= 0.6 is 0 Å². The number of nitrogens with one attached hydrogen (secondary N) is 2. The Balaban J connectivity index is 0.883. The highest BCUT2D eigenvalue weighted by molar-refractivity contribution is 5.94. The maximum atomic E-state index is 12.9. The zero-order valence-corrected chi connectivity index (χ0v) is 31.2. The second-order valence-electron chi connectivity index (χ2n) is 15.1. The number of hydrogen-bond donors (Lipinski definition) is 5. The molecular formula is C44H47N5O7. The molecule has 4 aromatic carbocycles. The molecule has 0 spiro atoms. The lowest BCUT2D eigenvalue weighted by molar-refractivity contribution is 0.0837. The number of hydrogen-bond acceptors (Lipinski definition) is 8. The number of phenolic OH excluding ortho intramolecular Hbond substituents is 1. The van der Waals surface area contributed by atoms with Gasteiger partial charge in [-0.2, -0.15) is 0 Å². The van der Waals surface area contributed by atoms with Crippen LogP contribution in [0.25, 0.3) is 33.1 Å². The predicted octanol–water partition coefficient (Wildman–Crippen LogP) is 6.62. The molecule has 3 aliphatic heterocycles. The Morgan fingerprint density at radius 1 is 0.929 bits per heavy atom. The van der Waals surface area contributed by atoms with E-state index >= 15 is 0 Å². The number of rotatable bonds is 14. The highest BCUT2D eigenvalue weighted by Gasteiger charge is 2.41. The van der Waals surface area contributed by atoms with E-state index in [9.17, 15) is 29.7 Å². The average Bonchev–Trinajstić information content (AvgIpc) is 3.52. The van der Waals surface area contributed by atoms with Crippen LogP contribution in [0.15, 0.2) is 105 Å². The number of oxazole rings is 1. The summed E-state index contributed by atoms with van der Waals surface area (Å²) < 4.78 is 7.29. The topological polar surface area (TPSA) is 164 Å². The zero-order chi connectivity index (χ0) is 38.8. The van der Waals surface area contributed by atoms with E-state index in [-0.39, 0.29) is 29.4 Å². The van der Waals surface area contributed by atoms with Crippen LogP contribution in [0.3, 0.4) is 0 Å². The van der Waals surface area contributed by atoms with Crippen LogP contribution < -0.4 is 21.5 Å². The lowest BCUT2D eigenvalue weighted by atomic mass is 9.82. The molecule has 2 bridgehead atoms. The number of piperidine rings is 3. The molecule has 290 valence electrons. The van der Waals surface area contributed by atoms with Gasteiger partial charge in [0.1, 0.15) is 5.75 Å². The first-order valence-electron chi connectivity index (χ1n) is 19.5. The van der Waals surface area contributed by atoms with Crippen LogP contribution in [0.1, 0.15) is 54.9 Å². The number of benzene rings is 4. The third-order valence-electron chi connectivity index (χ3n) is 11.6. The summed E-state index contributed by atoms with van der Waals surface area (Å²) in [5, 5.41) is 35.5. The predicted molar refractivity (Wildman–Crippen MR) is 216 cm³/mol. The zero-order valence-electron chi connectivity index (χ0n) is 31.2. The molecular weight excluding hydrogens is 711 g/mol. The fourth-order valence-electron chi connectivity index (χ4n) is 8.66. The second-order valence-corrected chi connectivity index (χ2v) is 15.1. The normalized spacial score (nSPS) is 18.4. The molecule has 0 radical (unpaired) electrons. The number of aliphatic hydroxyl groups is 1. The van der Waals surface area contributed by atoms with Gasteiger partial charge in [0.05, 0.1) is 28.9 Å². The summed E-state index contributed by atoms with van der Waals surface area (Å²) >= 11 is 0. The summed E-state index contributed by atoms with van der Waals surface area (Å²) in [5.74, 6) is -0.101. The van der Waals surface area contributed by atoms with Gasteiger partial charge in [0.2, 0.25) is 5.56 Å². The first-order valence-corrected chi connectivity index (χ1v) is 19.5. The minimum atomic E-state index is -0.905. The van der Waals surface area contributed by atoms with Crippen LogP contribution in [-0.4, -0.2) is 68.1 Å². The van der Waals surface area contributed by atoms with E-state index in [1.165, 1.54) is 12.1 Å². The number of aryl methyl sites for hydroxylation is 2. The molecule has 2 atom stereocenters. The maximum absolute atomic E-state index is 12.9. The number of phenols is 1. The smallest absolute Gasteiger partial charge is 0.419 e. The number of H-pyrrole nitrogens is 1. The van der Waals surface area contributed by atoms with Crippen molar-refractivity contribution in [3.8, 4) is 16.9 Å². The number of aromatic nitrogens is 2. The number of unbranched alkanes of at least 4 members (excludes halogenated alkanes) is 2. The van der Waals surface area contributed by atoms with Gasteiger partial charge in [0.25, 0.3) is 0 Å². The molecule has 5 heterocycles. The summed E-state index contributed by atoms with van der Waals surface area (Å²) in [5.41, 5.74) is 6.42. The fraction of sp³-hybridized carbons (Fsp3) is 0.341. The molecule has 1 unspecified atom stereocenters. The quantitative estimate of drug-likeness (QED) is 0.0768. The Kier molecular flexibility index (Phi) is 10.8. The first kappa shape index (κ1) is 37.2. The van der Waals surface area contributed by atoms with E-state index in [0.29, 0.717) is 35.5 Å². The average molecular weight is 758 g/mol. The minimum Gasteiger partial charge on any atom is -0.506 e. The monoisotopic (exact) mass is 757 g/mol. The molecule has 3 saturated heterocycles. The third-order valence-corrected chi connectivity index (χ3v) is 11.6. The summed E-state index contributed by atoms with van der Waals surface area (Å²) in [7, 11) is 0. The standard InChI is InChI=1S/C44H47N5O7/c50-38-16-13-33(34-14-17-41(52)46-42(34)38)39(51)26-45-25-29-11-15-35-40(24-29)56-44(55)48(35)20-6-2-3-7-28-10-12-32(30-8-4-1-5-9-30)36(23-28)49(43(53)54)37-27-47-21-18-31(37)19-22-47/h1,4-5,8-17,23-24,31,37,39,45,50-51H,2-3,6-7,18-22,25-27H2,(H,46,52)(H,53,54)/t37?,39-/m0/s1. The Hall–Kier alpha value is -5.69. The van der Waals surface area contributed by atoms with Crippen molar-refractivity contribution in [3.05, 3.63) is 129 Å². The highest BCUT2D eigenvalue weighted by Crippen LogP contribution is 2.39. The fourth-order valence-corrected chi connectivity index (χ4v) is 8.66. The van der Waals surface area contributed by atoms with E-state index in [0.717, 1.165) is 91.6 Å². The number of aromatic amines is 1. The van der Waals surface area contributed by atoms with Gasteiger partial charge in [-0.15, -0.1) is 0 Å². The van der Waals surface area contributed by atoms with E-state index in [1.54, 1.807) is 21.6 Å². The lowest BCUT2D eigenvalue weighted by Gasteiger charge is -2.48. The largest absolute Gasteiger partial charge is 0.506 e. The molecule has 3 aliphatic rings. The van der Waals surface area contributed by atoms with E-state index in [2.05, 4.69) is 33.4 Å². The van der Waals surface area contributed by atoms with Gasteiger partial charge in [-0.3, -0.25) is 14.3 Å². The van der Waals surface area contributed by atoms with Crippen LogP contribution in [0, 0.1) is 5.92 Å². The molecule has 1 amide bonds. The van der Waals surface area contributed by atoms with Gasteiger partial charge in [0, 0.05) is 43.2 Å². The summed E-state index contributed by atoms with van der Waals surface area (Å²) in [6, 6.07) is 27.9. The van der Waals surface area contributed by atoms with Crippen molar-refractivity contribution in [2.24, 2.45) is 5.92 Å². The SMILES string of the molecule is O=C(O)N(c1cc(CCCCCn2c(=O)oc3cc(CNC[C@H](O)c4ccc(O)c5[nH]c(=O)ccc45)ccc32)ccc1-c1ccccc1)C1CN2CCC1CC2. The molecule has 56 heavy (non-hydrogen) atoms. The number of pyridine rings is 1. The van der Waals surface area contributed by atoms with Gasteiger partial charge in [-0.1, -0.05) is 61.0 Å². The van der Waals surface area contributed by atoms with Crippen molar-refractivity contribution in [2.45, 2.75) is 63.8 Å². The number of carboxylic acid groups (broad SMARTS) is 1. The molecule has 0 saturated carbocycles. The van der Waals surface area contributed by atoms with Crippen LogP contribution in [0.4, 0.5) is 10.5 Å². The van der Waals surface area contributed by atoms with Crippen LogP contribution in [0.2, 0.25) is 0 Å². The molecule has 0 aliphatic carbocycles. The van der Waals surface area contributed by atoms with Gasteiger partial charge in [0.15, 0.2) is 5.58 Å². The maximum Gasteiger partial charge on any atom is 0.419 e. The summed E-state index contributed by atoms with van der Waals surface area (Å²) in [6.07, 6.45) is 3.61. The first-order chi connectivity index (χ1) is 27.2. The van der Waals surface area contributed by atoms with Gasteiger partial charge >= 0.3 is 11.8 Å². The highest BCUT2D eigenvalue weighted by atomic mass is 16.4. The van der Waals surface area contributed by atoms with E-state index in [4.69, 9.17) is 4.42 Å². The molecule has 12 heteroatoms. The van der Waals surface area contributed by atoms with Gasteiger partial charge in [-0.25, -0.2) is 9.59 Å². The van der Waals surface area contributed by atoms with Crippen LogP contribution in [0.5, 0.6) is 5.75 Å². The molecule has 5 N–H and O–H groups in total. The number of nitrogens with zero attached hydrogens (tertiary/aromatic N) is 3. The molecule has 3 fully saturated rings. The molecule has 9 rings (SSSR count). The molecule has 12 nitrogen and oxygen atoms in total. The lowest BCUT2D eigenvalue weighted by Crippen LogP contribution is -2.59. The number of aromatic hydroxyl groups is 1. The Morgan fingerprint density at radius 2 is 1.73 bits per heavy atom. The second kappa shape index (κ2) is 16.2. The van der Waals surface area contributed by atoms with Crippen molar-refractivity contribution < 1.29 is 24.5 Å². The number of carbonyl (C=O) groups is 1. The van der Waals surface area contributed by atoms with Gasteiger partial charge in [-0.05, 0) is 104 Å². The summed E-state index contributed by atoms with van der Waals surface area (Å²) in [4.78, 5) is 44.2.